The second-order valence-electron chi connectivity index (χ2n) is 5.12. The molecule has 0 spiro atoms. The first kappa shape index (κ1) is 10.2. The zero-order chi connectivity index (χ0) is 11.1. The topological polar surface area (TPSA) is 12.5 Å². The van der Waals surface area contributed by atoms with Gasteiger partial charge in [-0.1, -0.05) is 12.1 Å². The molecule has 1 aromatic rings. The molecular formula is C14H19NO. The molecule has 2 unspecified atom stereocenters. The third-order valence-corrected chi connectivity index (χ3v) is 4.20. The molecule has 2 nitrogen and oxygen atoms in total. The van der Waals surface area contributed by atoms with Gasteiger partial charge in [0.15, 0.2) is 0 Å². The van der Waals surface area contributed by atoms with E-state index in [1.54, 1.807) is 7.11 Å². The van der Waals surface area contributed by atoms with Crippen molar-refractivity contribution in [3.63, 3.8) is 0 Å². The molecule has 16 heavy (non-hydrogen) atoms. The maximum absolute atomic E-state index is 5.53. The second kappa shape index (κ2) is 3.77. The van der Waals surface area contributed by atoms with Crippen LogP contribution in [0.15, 0.2) is 18.2 Å². The highest BCUT2D eigenvalue weighted by Crippen LogP contribution is 2.45. The molecule has 1 aliphatic heterocycles. The van der Waals surface area contributed by atoms with Gasteiger partial charge in [-0.2, -0.15) is 0 Å². The predicted octanol–water partition coefficient (Wildman–Crippen LogP) is 2.63. The summed E-state index contributed by atoms with van der Waals surface area (Å²) in [5.74, 6) is 1.97. The number of nitrogens with zero attached hydrogens (tertiary/aromatic N) is 1. The fraction of sp³-hybridized carbons (Fsp3) is 0.571. The standard InChI is InChI=1S/C14H19NO/c1-15-7-6-10-8-11-4-3-5-13(16-2)14(11)12(15)9-10/h3-5,10,12H,6-9H2,1-2H3. The highest BCUT2D eigenvalue weighted by molar-refractivity contribution is 5.44. The lowest BCUT2D eigenvalue weighted by Gasteiger charge is -2.42. The Bertz CT molecular complexity index is 402. The molecule has 0 aromatic heterocycles. The Kier molecular flexibility index (Phi) is 2.40. The van der Waals surface area contributed by atoms with Gasteiger partial charge < -0.3 is 4.74 Å². The smallest absolute Gasteiger partial charge is 0.123 e. The maximum atomic E-state index is 5.53. The summed E-state index contributed by atoms with van der Waals surface area (Å²) >= 11 is 0. The summed E-state index contributed by atoms with van der Waals surface area (Å²) in [6.07, 6.45) is 3.91. The zero-order valence-corrected chi connectivity index (χ0v) is 10.1. The van der Waals surface area contributed by atoms with Crippen molar-refractivity contribution < 1.29 is 4.74 Å². The second-order valence-corrected chi connectivity index (χ2v) is 5.12. The maximum Gasteiger partial charge on any atom is 0.123 e. The van der Waals surface area contributed by atoms with Crippen molar-refractivity contribution in [2.45, 2.75) is 25.3 Å². The van der Waals surface area contributed by atoms with Crippen LogP contribution in [0.5, 0.6) is 5.75 Å². The van der Waals surface area contributed by atoms with Gasteiger partial charge in [0.2, 0.25) is 0 Å². The van der Waals surface area contributed by atoms with Crippen LogP contribution in [0.25, 0.3) is 0 Å². The van der Waals surface area contributed by atoms with E-state index in [0.717, 1.165) is 11.7 Å². The Labute approximate surface area is 97.2 Å². The minimum Gasteiger partial charge on any atom is -0.496 e. The van der Waals surface area contributed by atoms with Crippen molar-refractivity contribution in [3.8, 4) is 5.75 Å². The Morgan fingerprint density at radius 1 is 1.38 bits per heavy atom. The Hall–Kier alpha value is -1.02. The fourth-order valence-corrected chi connectivity index (χ4v) is 3.31. The number of methoxy groups -OCH3 is 1. The van der Waals surface area contributed by atoms with E-state index >= 15 is 0 Å². The average Bonchev–Trinajstić information content (AvgIpc) is 2.33. The number of hydrogen-bond donors (Lipinski definition) is 0. The molecule has 2 bridgehead atoms. The van der Waals surface area contributed by atoms with Crippen molar-refractivity contribution in [3.05, 3.63) is 29.3 Å². The van der Waals surface area contributed by atoms with Gasteiger partial charge >= 0.3 is 0 Å². The molecule has 0 saturated carbocycles. The van der Waals surface area contributed by atoms with Gasteiger partial charge in [-0.3, -0.25) is 4.90 Å². The minimum atomic E-state index is 0.582. The van der Waals surface area contributed by atoms with Crippen LogP contribution in [0, 0.1) is 5.92 Å². The lowest BCUT2D eigenvalue weighted by molar-refractivity contribution is 0.126. The van der Waals surface area contributed by atoms with E-state index in [4.69, 9.17) is 4.74 Å². The van der Waals surface area contributed by atoms with Gasteiger partial charge in [0.05, 0.1) is 7.11 Å². The predicted molar refractivity (Wildman–Crippen MR) is 64.8 cm³/mol. The third kappa shape index (κ3) is 1.44. The summed E-state index contributed by atoms with van der Waals surface area (Å²) in [4.78, 5) is 2.48. The number of hydrogen-bond acceptors (Lipinski definition) is 2. The molecule has 1 aromatic carbocycles. The number of ether oxygens (including phenoxy) is 1. The monoisotopic (exact) mass is 217 g/mol. The first-order chi connectivity index (χ1) is 7.79. The third-order valence-electron chi connectivity index (χ3n) is 4.20. The largest absolute Gasteiger partial charge is 0.496 e. The van der Waals surface area contributed by atoms with Gasteiger partial charge in [0.25, 0.3) is 0 Å². The van der Waals surface area contributed by atoms with E-state index in [0.29, 0.717) is 6.04 Å². The first-order valence-electron chi connectivity index (χ1n) is 6.15. The highest BCUT2D eigenvalue weighted by Gasteiger charge is 2.35. The van der Waals surface area contributed by atoms with E-state index in [2.05, 4.69) is 30.1 Å². The van der Waals surface area contributed by atoms with Gasteiger partial charge in [0, 0.05) is 11.6 Å². The Balaban J connectivity index is 2.10. The van der Waals surface area contributed by atoms with Gasteiger partial charge in [-0.25, -0.2) is 0 Å². The molecule has 86 valence electrons. The van der Waals surface area contributed by atoms with Crippen LogP contribution in [0.3, 0.4) is 0 Å². The van der Waals surface area contributed by atoms with Crippen LogP contribution in [0.4, 0.5) is 0 Å². The average molecular weight is 217 g/mol. The van der Waals surface area contributed by atoms with Gasteiger partial charge in [-0.15, -0.1) is 0 Å². The van der Waals surface area contributed by atoms with Crippen LogP contribution in [0.1, 0.15) is 30.0 Å². The van der Waals surface area contributed by atoms with Crippen molar-refractivity contribution in [2.24, 2.45) is 5.92 Å². The van der Waals surface area contributed by atoms with Gasteiger partial charge in [-0.05, 0) is 50.4 Å². The van der Waals surface area contributed by atoms with Crippen molar-refractivity contribution in [1.29, 1.82) is 0 Å². The van der Waals surface area contributed by atoms with Crippen molar-refractivity contribution in [2.75, 3.05) is 20.7 Å². The number of piperidine rings is 1. The van der Waals surface area contributed by atoms with E-state index in [-0.39, 0.29) is 0 Å². The number of benzene rings is 1. The number of rotatable bonds is 1. The molecule has 0 radical (unpaired) electrons. The summed E-state index contributed by atoms with van der Waals surface area (Å²) in [5, 5.41) is 0. The Morgan fingerprint density at radius 3 is 3.06 bits per heavy atom. The summed E-state index contributed by atoms with van der Waals surface area (Å²) in [7, 11) is 4.02. The summed E-state index contributed by atoms with van der Waals surface area (Å²) in [5.41, 5.74) is 2.95. The van der Waals surface area contributed by atoms with Crippen LogP contribution >= 0.6 is 0 Å². The summed E-state index contributed by atoms with van der Waals surface area (Å²) in [6, 6.07) is 7.08. The quantitative estimate of drug-likeness (QED) is 0.717. The zero-order valence-electron chi connectivity index (χ0n) is 10.1. The summed E-state index contributed by atoms with van der Waals surface area (Å²) in [6.45, 7) is 1.23. The highest BCUT2D eigenvalue weighted by atomic mass is 16.5. The van der Waals surface area contributed by atoms with Crippen LogP contribution < -0.4 is 4.74 Å². The molecule has 1 saturated heterocycles. The van der Waals surface area contributed by atoms with E-state index in [1.165, 1.54) is 36.9 Å². The molecule has 3 rings (SSSR count). The lowest BCUT2D eigenvalue weighted by Crippen LogP contribution is -2.38. The molecule has 1 fully saturated rings. The first-order valence-corrected chi connectivity index (χ1v) is 6.15. The molecule has 2 heteroatoms. The molecule has 0 N–H and O–H groups in total. The normalized spacial score (nSPS) is 28.6. The van der Waals surface area contributed by atoms with Crippen LogP contribution in [0.2, 0.25) is 0 Å². The SMILES string of the molecule is COc1cccc2c1C1CC(CCN1C)C2. The number of likely N-dealkylation sites (tertiary alicyclic amines) is 1. The van der Waals surface area contributed by atoms with E-state index in [1.807, 2.05) is 0 Å². The molecular weight excluding hydrogens is 198 g/mol. The molecule has 1 heterocycles. The minimum absolute atomic E-state index is 0.582. The summed E-state index contributed by atoms with van der Waals surface area (Å²) < 4.78 is 5.53. The van der Waals surface area contributed by atoms with Crippen LogP contribution in [-0.2, 0) is 6.42 Å². The van der Waals surface area contributed by atoms with E-state index in [9.17, 15) is 0 Å². The fourth-order valence-electron chi connectivity index (χ4n) is 3.31. The molecule has 0 amide bonds. The van der Waals surface area contributed by atoms with Crippen LogP contribution in [-0.4, -0.2) is 25.6 Å². The van der Waals surface area contributed by atoms with Crippen molar-refractivity contribution >= 4 is 0 Å². The molecule has 2 aliphatic rings. The lowest BCUT2D eigenvalue weighted by atomic mass is 9.75. The van der Waals surface area contributed by atoms with Gasteiger partial charge in [0.1, 0.15) is 5.75 Å². The number of fused-ring (bicyclic) bond motifs is 4. The van der Waals surface area contributed by atoms with E-state index < -0.39 is 0 Å². The molecule has 1 aliphatic carbocycles. The van der Waals surface area contributed by atoms with Crippen molar-refractivity contribution in [1.82, 2.24) is 4.90 Å². The Morgan fingerprint density at radius 2 is 2.25 bits per heavy atom. The molecule has 2 atom stereocenters.